The van der Waals surface area contributed by atoms with Gasteiger partial charge in [-0.25, -0.2) is 0 Å². The van der Waals surface area contributed by atoms with Crippen molar-refractivity contribution in [2.75, 3.05) is 0 Å². The molecule has 1 heteroatoms. The first-order valence-electron chi connectivity index (χ1n) is 14.7. The van der Waals surface area contributed by atoms with E-state index < -0.39 is 0 Å². The van der Waals surface area contributed by atoms with Gasteiger partial charge in [0.2, 0.25) is 0 Å². The smallest absolute Gasteiger partial charge is 0.0500 e. The fraction of sp³-hybridized carbons (Fsp3) is 0.0952. The van der Waals surface area contributed by atoms with Crippen LogP contribution in [0.1, 0.15) is 44.8 Å². The molecule has 0 unspecified atom stereocenters. The third kappa shape index (κ3) is 5.94. The van der Waals surface area contributed by atoms with Crippen molar-refractivity contribution in [2.45, 2.75) is 27.7 Å². The second-order valence-corrected chi connectivity index (χ2v) is 11.0. The third-order valence-electron chi connectivity index (χ3n) is 8.20. The van der Waals surface area contributed by atoms with Crippen LogP contribution in [0, 0.1) is 27.7 Å². The summed E-state index contributed by atoms with van der Waals surface area (Å²) >= 11 is 0. The van der Waals surface area contributed by atoms with Crippen molar-refractivity contribution < 1.29 is 0 Å². The molecule has 0 aliphatic carbocycles. The molecule has 0 bridgehead atoms. The van der Waals surface area contributed by atoms with Gasteiger partial charge in [-0.05, 0) is 114 Å². The Hall–Kier alpha value is -5.14. The first-order valence-corrected chi connectivity index (χ1v) is 14.7. The van der Waals surface area contributed by atoms with Crippen LogP contribution in [0.4, 0.5) is 0 Å². The van der Waals surface area contributed by atoms with E-state index >= 15 is 0 Å². The van der Waals surface area contributed by atoms with Gasteiger partial charge in [0.05, 0.1) is 0 Å². The largest absolute Gasteiger partial charge is 0.310 e. The van der Waals surface area contributed by atoms with Crippen molar-refractivity contribution in [2.24, 2.45) is 0 Å². The fourth-order valence-corrected chi connectivity index (χ4v) is 5.78. The highest BCUT2D eigenvalue weighted by Gasteiger charge is 2.18. The summed E-state index contributed by atoms with van der Waals surface area (Å²) < 4.78 is 2.36. The van der Waals surface area contributed by atoms with Gasteiger partial charge >= 0.3 is 0 Å². The maximum Gasteiger partial charge on any atom is 0.0500 e. The molecule has 0 saturated heterocycles. The predicted octanol–water partition coefficient (Wildman–Crippen LogP) is 11.6. The van der Waals surface area contributed by atoms with Gasteiger partial charge in [0.15, 0.2) is 0 Å². The Morgan fingerprint density at radius 3 is 2.09 bits per heavy atom. The number of nitrogens with zero attached hydrogens (tertiary/aromatic N) is 1. The highest BCUT2D eigenvalue weighted by atomic mass is 15.0. The van der Waals surface area contributed by atoms with Crippen molar-refractivity contribution in [3.63, 3.8) is 0 Å². The SMILES string of the molecule is C=C/C=C\c1c(C)c(C)c(/C=C(\C=C)c2cccc(-c3cccc(C)c3)c2)n1-c1ccc(-c2ccccc2C=C)c(C)c1. The lowest BCUT2D eigenvalue weighted by Gasteiger charge is -2.16. The monoisotopic (exact) mass is 557 g/mol. The molecule has 0 amide bonds. The van der Waals surface area contributed by atoms with Crippen molar-refractivity contribution in [3.8, 4) is 27.9 Å². The van der Waals surface area contributed by atoms with E-state index in [1.165, 1.54) is 44.5 Å². The van der Waals surface area contributed by atoms with Crippen LogP contribution >= 0.6 is 0 Å². The highest BCUT2D eigenvalue weighted by Crippen LogP contribution is 2.35. The fourth-order valence-electron chi connectivity index (χ4n) is 5.78. The summed E-state index contributed by atoms with van der Waals surface area (Å²) in [6.07, 6.45) is 12.1. The zero-order valence-corrected chi connectivity index (χ0v) is 25.7. The average molecular weight is 558 g/mol. The van der Waals surface area contributed by atoms with E-state index in [4.69, 9.17) is 0 Å². The Balaban J connectivity index is 1.68. The number of hydrogen-bond donors (Lipinski definition) is 0. The minimum absolute atomic E-state index is 1.07. The third-order valence-corrected chi connectivity index (χ3v) is 8.20. The molecular weight excluding hydrogens is 518 g/mol. The number of rotatable bonds is 9. The Kier molecular flexibility index (Phi) is 8.74. The Labute approximate surface area is 257 Å². The van der Waals surface area contributed by atoms with E-state index in [9.17, 15) is 0 Å². The standard InChI is InChI=1S/C42H39N/c1-8-11-22-41-31(6)32(7)42(28-34(10-3)36-19-15-20-37(27-36)35-18-14-16-29(4)25-35)43(41)38-23-24-39(30(5)26-38)40-21-13-12-17-33(40)9-2/h8-28H,1-3H2,4-7H3/b22-11-,34-28+. The molecular formula is C42H39N. The number of allylic oxidation sites excluding steroid dienone is 4. The second kappa shape index (κ2) is 12.8. The molecule has 0 spiro atoms. The molecule has 4 aromatic carbocycles. The van der Waals surface area contributed by atoms with Crippen LogP contribution in [-0.2, 0) is 0 Å². The maximum absolute atomic E-state index is 4.22. The van der Waals surface area contributed by atoms with Crippen LogP contribution in [0.2, 0.25) is 0 Å². The molecule has 212 valence electrons. The summed E-state index contributed by atoms with van der Waals surface area (Å²) in [5.74, 6) is 0. The summed E-state index contributed by atoms with van der Waals surface area (Å²) in [7, 11) is 0. The molecule has 0 aliphatic heterocycles. The quantitative estimate of drug-likeness (QED) is 0.159. The topological polar surface area (TPSA) is 4.93 Å². The van der Waals surface area contributed by atoms with E-state index in [1.807, 2.05) is 24.3 Å². The van der Waals surface area contributed by atoms with E-state index in [0.717, 1.165) is 33.8 Å². The molecule has 0 N–H and O–H groups in total. The van der Waals surface area contributed by atoms with Crippen LogP contribution in [0.25, 0.3) is 51.7 Å². The molecule has 0 atom stereocenters. The minimum Gasteiger partial charge on any atom is -0.310 e. The van der Waals surface area contributed by atoms with Gasteiger partial charge < -0.3 is 4.57 Å². The van der Waals surface area contributed by atoms with Gasteiger partial charge in [-0.2, -0.15) is 0 Å². The van der Waals surface area contributed by atoms with E-state index in [0.29, 0.717) is 0 Å². The molecule has 5 rings (SSSR count). The van der Waals surface area contributed by atoms with Crippen LogP contribution in [-0.4, -0.2) is 4.57 Å². The summed E-state index contributed by atoms with van der Waals surface area (Å²) in [6, 6.07) is 32.5. The molecule has 5 aromatic rings. The van der Waals surface area contributed by atoms with Crippen LogP contribution in [0.5, 0.6) is 0 Å². The molecule has 0 aliphatic rings. The van der Waals surface area contributed by atoms with Crippen molar-refractivity contribution in [1.82, 2.24) is 4.57 Å². The highest BCUT2D eigenvalue weighted by molar-refractivity contribution is 5.90. The lowest BCUT2D eigenvalue weighted by atomic mass is 9.95. The normalized spacial score (nSPS) is 11.6. The van der Waals surface area contributed by atoms with E-state index in [1.54, 1.807) is 0 Å². The Morgan fingerprint density at radius 2 is 1.40 bits per heavy atom. The first-order chi connectivity index (χ1) is 20.9. The average Bonchev–Trinajstić information content (AvgIpc) is 3.26. The van der Waals surface area contributed by atoms with Crippen LogP contribution < -0.4 is 0 Å². The van der Waals surface area contributed by atoms with Crippen LogP contribution in [0.15, 0.2) is 129 Å². The zero-order valence-electron chi connectivity index (χ0n) is 25.7. The Morgan fingerprint density at radius 1 is 0.674 bits per heavy atom. The van der Waals surface area contributed by atoms with Crippen LogP contribution in [0.3, 0.4) is 0 Å². The summed E-state index contributed by atoms with van der Waals surface area (Å²) in [4.78, 5) is 0. The first kappa shape index (κ1) is 29.4. The predicted molar refractivity (Wildman–Crippen MR) is 189 cm³/mol. The minimum atomic E-state index is 1.07. The number of aromatic nitrogens is 1. The summed E-state index contributed by atoms with van der Waals surface area (Å²) in [5, 5.41) is 0. The lowest BCUT2D eigenvalue weighted by Crippen LogP contribution is -2.02. The molecule has 1 aromatic heterocycles. The van der Waals surface area contributed by atoms with E-state index in [-0.39, 0.29) is 0 Å². The molecule has 0 radical (unpaired) electrons. The van der Waals surface area contributed by atoms with E-state index in [2.05, 4.69) is 155 Å². The summed E-state index contributed by atoms with van der Waals surface area (Å²) in [5.41, 5.74) is 16.5. The van der Waals surface area contributed by atoms with Gasteiger partial charge in [0.25, 0.3) is 0 Å². The lowest BCUT2D eigenvalue weighted by molar-refractivity contribution is 1.03. The molecule has 1 nitrogen and oxygen atoms in total. The summed E-state index contributed by atoms with van der Waals surface area (Å²) in [6.45, 7) is 20.9. The number of aryl methyl sites for hydroxylation is 2. The molecule has 1 heterocycles. The molecule has 43 heavy (non-hydrogen) atoms. The van der Waals surface area contributed by atoms with Crippen molar-refractivity contribution in [1.29, 1.82) is 0 Å². The Bertz CT molecular complexity index is 1900. The number of hydrogen-bond acceptors (Lipinski definition) is 0. The van der Waals surface area contributed by atoms with Gasteiger partial charge in [-0.3, -0.25) is 0 Å². The van der Waals surface area contributed by atoms with Gasteiger partial charge in [0.1, 0.15) is 0 Å². The van der Waals surface area contributed by atoms with Crippen molar-refractivity contribution in [3.05, 3.63) is 174 Å². The van der Waals surface area contributed by atoms with Gasteiger partial charge in [0, 0.05) is 17.1 Å². The number of benzene rings is 4. The van der Waals surface area contributed by atoms with Gasteiger partial charge in [-0.1, -0.05) is 122 Å². The molecule has 0 saturated carbocycles. The van der Waals surface area contributed by atoms with Gasteiger partial charge in [-0.15, -0.1) is 0 Å². The maximum atomic E-state index is 4.22. The second-order valence-electron chi connectivity index (χ2n) is 11.0. The van der Waals surface area contributed by atoms with Crippen molar-refractivity contribution >= 4 is 23.8 Å². The molecule has 0 fully saturated rings. The zero-order chi connectivity index (χ0) is 30.5.